The van der Waals surface area contributed by atoms with Gasteiger partial charge >= 0.3 is 0 Å². The number of hydrazine groups is 1. The largest absolute Gasteiger partial charge is 0.397 e. The van der Waals surface area contributed by atoms with Crippen molar-refractivity contribution in [2.75, 3.05) is 41.8 Å². The Hall–Kier alpha value is -4.46. The van der Waals surface area contributed by atoms with Crippen LogP contribution in [0.5, 0.6) is 0 Å². The summed E-state index contributed by atoms with van der Waals surface area (Å²) in [5.74, 6) is 6.04. The van der Waals surface area contributed by atoms with Crippen molar-refractivity contribution in [2.45, 2.75) is 39.0 Å². The van der Waals surface area contributed by atoms with Crippen molar-refractivity contribution in [1.29, 1.82) is 5.26 Å². The normalized spacial score (nSPS) is 14.0. The number of benzene rings is 2. The molecular weight excluding hydrogens is 502 g/mol. The number of carbonyl (C=O) groups excluding carboxylic acids is 1. The molecule has 0 spiro atoms. The number of amides is 1. The molecule has 10 heteroatoms. The number of hydrogen-bond donors (Lipinski definition) is 4. The van der Waals surface area contributed by atoms with Crippen LogP contribution in [0.4, 0.5) is 17.1 Å². The number of hydrogen-bond acceptors (Lipinski definition) is 9. The van der Waals surface area contributed by atoms with Crippen LogP contribution in [0, 0.1) is 18.3 Å². The van der Waals surface area contributed by atoms with Gasteiger partial charge in [-0.2, -0.15) is 5.26 Å². The maximum atomic E-state index is 13.4. The third-order valence-corrected chi connectivity index (χ3v) is 7.07. The van der Waals surface area contributed by atoms with Crippen LogP contribution in [0.25, 0.3) is 5.70 Å². The van der Waals surface area contributed by atoms with Crippen molar-refractivity contribution in [1.82, 2.24) is 14.9 Å². The first kappa shape index (κ1) is 28.5. The number of carbonyl (C=O) groups is 1. The Morgan fingerprint density at radius 2 is 1.85 bits per heavy atom. The molecule has 6 N–H and O–H groups in total. The van der Waals surface area contributed by atoms with Crippen molar-refractivity contribution in [2.24, 2.45) is 11.6 Å². The Labute approximate surface area is 235 Å². The molecule has 0 radical (unpaired) electrons. The summed E-state index contributed by atoms with van der Waals surface area (Å²) in [5.41, 5.74) is 10.7. The summed E-state index contributed by atoms with van der Waals surface area (Å²) in [6, 6.07) is 13.4. The molecule has 0 aliphatic carbocycles. The van der Waals surface area contributed by atoms with Crippen LogP contribution >= 0.6 is 0 Å². The van der Waals surface area contributed by atoms with E-state index in [4.69, 9.17) is 11.6 Å². The van der Waals surface area contributed by atoms with Gasteiger partial charge in [-0.15, -0.1) is 0 Å². The highest BCUT2D eigenvalue weighted by Crippen LogP contribution is 2.28. The van der Waals surface area contributed by atoms with Gasteiger partial charge < -0.3 is 21.3 Å². The van der Waals surface area contributed by atoms with Gasteiger partial charge in [-0.05, 0) is 88.2 Å². The van der Waals surface area contributed by atoms with Gasteiger partial charge in [0.15, 0.2) is 0 Å². The summed E-state index contributed by atoms with van der Waals surface area (Å²) in [5, 5.41) is 17.6. The second-order valence-electron chi connectivity index (χ2n) is 10.6. The van der Waals surface area contributed by atoms with Crippen molar-refractivity contribution in [3.05, 3.63) is 83.6 Å². The molecular formula is C30H37N9O. The average molecular weight is 540 g/mol. The molecule has 3 aromatic rings. The molecule has 40 heavy (non-hydrogen) atoms. The highest BCUT2D eigenvalue weighted by atomic mass is 16.1. The van der Waals surface area contributed by atoms with E-state index in [1.807, 2.05) is 45.0 Å². The third-order valence-electron chi connectivity index (χ3n) is 7.07. The van der Waals surface area contributed by atoms with Crippen LogP contribution in [0.2, 0.25) is 0 Å². The fourth-order valence-corrected chi connectivity index (χ4v) is 4.56. The second kappa shape index (κ2) is 12.6. The van der Waals surface area contributed by atoms with Gasteiger partial charge in [0, 0.05) is 54.2 Å². The van der Waals surface area contributed by atoms with Gasteiger partial charge in [0.2, 0.25) is 0 Å². The number of aryl methyl sites for hydroxylation is 1. The van der Waals surface area contributed by atoms with Gasteiger partial charge in [-0.3, -0.25) is 9.80 Å². The van der Waals surface area contributed by atoms with E-state index < -0.39 is 5.41 Å². The van der Waals surface area contributed by atoms with Crippen molar-refractivity contribution < 1.29 is 4.79 Å². The van der Waals surface area contributed by atoms with Crippen LogP contribution < -0.4 is 27.2 Å². The van der Waals surface area contributed by atoms with Crippen LogP contribution in [0.1, 0.15) is 53.7 Å². The van der Waals surface area contributed by atoms with E-state index >= 15 is 0 Å². The molecule has 1 aliphatic heterocycles. The number of rotatable bonds is 10. The van der Waals surface area contributed by atoms with Gasteiger partial charge in [0.1, 0.15) is 6.33 Å². The van der Waals surface area contributed by atoms with E-state index in [1.165, 1.54) is 24.2 Å². The zero-order chi connectivity index (χ0) is 28.7. The molecule has 1 aliphatic rings. The van der Waals surface area contributed by atoms with E-state index in [9.17, 15) is 10.1 Å². The summed E-state index contributed by atoms with van der Waals surface area (Å²) in [7, 11) is 0. The average Bonchev–Trinajstić information content (AvgIpc) is 3.48. The van der Waals surface area contributed by atoms with E-state index in [0.717, 1.165) is 43.0 Å². The summed E-state index contributed by atoms with van der Waals surface area (Å²) < 4.78 is 0. The first-order chi connectivity index (χ1) is 19.2. The second-order valence-corrected chi connectivity index (χ2v) is 10.6. The molecule has 1 aromatic heterocycles. The standard InChI is InChI=1S/C30H37N9O/c1-21-6-7-25(15-28(21)39(33)18-27(32)23-16-34-20-35-17-23)37-29(40)22-12-24(30(2,3)19-31)14-26(13-22)36-8-11-38-9-4-5-10-38/h6-7,12-18,20,36H,4-5,8-11,32-33H2,1-3H3,(H,37,40)/b27-18-. The Kier molecular flexibility index (Phi) is 8.99. The number of nitriles is 1. The minimum Gasteiger partial charge on any atom is -0.397 e. The number of nitrogens with two attached hydrogens (primary N) is 2. The quantitative estimate of drug-likeness (QED) is 0.222. The minimum atomic E-state index is -0.755. The summed E-state index contributed by atoms with van der Waals surface area (Å²) in [4.78, 5) is 23.8. The van der Waals surface area contributed by atoms with E-state index in [-0.39, 0.29) is 5.91 Å². The number of nitrogens with zero attached hydrogens (tertiary/aromatic N) is 5. The molecule has 2 heterocycles. The maximum absolute atomic E-state index is 13.4. The van der Waals surface area contributed by atoms with Crippen molar-refractivity contribution in [3.63, 3.8) is 0 Å². The first-order valence-corrected chi connectivity index (χ1v) is 13.4. The van der Waals surface area contributed by atoms with Crippen LogP contribution in [0.15, 0.2) is 61.3 Å². The van der Waals surface area contributed by atoms with Crippen molar-refractivity contribution in [3.8, 4) is 6.07 Å². The Morgan fingerprint density at radius 3 is 2.55 bits per heavy atom. The van der Waals surface area contributed by atoms with Crippen LogP contribution in [0.3, 0.4) is 0 Å². The molecule has 0 saturated carbocycles. The topological polar surface area (TPSA) is 149 Å². The molecule has 1 fully saturated rings. The highest BCUT2D eigenvalue weighted by molar-refractivity contribution is 6.05. The number of aromatic nitrogens is 2. The molecule has 4 rings (SSSR count). The van der Waals surface area contributed by atoms with Gasteiger partial charge in [0.05, 0.1) is 22.9 Å². The molecule has 2 aromatic carbocycles. The third kappa shape index (κ3) is 7.14. The van der Waals surface area contributed by atoms with Gasteiger partial charge in [0.25, 0.3) is 5.91 Å². The van der Waals surface area contributed by atoms with Crippen molar-refractivity contribution >= 4 is 28.7 Å². The predicted molar refractivity (Wildman–Crippen MR) is 159 cm³/mol. The molecule has 208 valence electrons. The minimum absolute atomic E-state index is 0.284. The fourth-order valence-electron chi connectivity index (χ4n) is 4.56. The molecule has 0 bridgehead atoms. The number of likely N-dealkylation sites (tertiary alicyclic amines) is 1. The lowest BCUT2D eigenvalue weighted by Gasteiger charge is -2.21. The van der Waals surface area contributed by atoms with E-state index in [0.29, 0.717) is 28.2 Å². The lowest BCUT2D eigenvalue weighted by Crippen LogP contribution is -2.27. The molecule has 0 unspecified atom stereocenters. The molecule has 0 atom stereocenters. The van der Waals surface area contributed by atoms with Crippen LogP contribution in [-0.2, 0) is 5.41 Å². The maximum Gasteiger partial charge on any atom is 0.255 e. The smallest absolute Gasteiger partial charge is 0.255 e. The number of nitrogens with one attached hydrogen (secondary N) is 2. The van der Waals surface area contributed by atoms with E-state index in [2.05, 4.69) is 31.6 Å². The first-order valence-electron chi connectivity index (χ1n) is 13.4. The molecule has 1 saturated heterocycles. The lowest BCUT2D eigenvalue weighted by atomic mass is 9.85. The van der Waals surface area contributed by atoms with Gasteiger partial charge in [-0.1, -0.05) is 6.07 Å². The summed E-state index contributed by atoms with van der Waals surface area (Å²) in [6.45, 7) is 9.56. The summed E-state index contributed by atoms with van der Waals surface area (Å²) >= 11 is 0. The Balaban J connectivity index is 1.54. The zero-order valence-corrected chi connectivity index (χ0v) is 23.3. The fraction of sp³-hybridized carbons (Fsp3) is 0.333. The van der Waals surface area contributed by atoms with Gasteiger partial charge in [-0.25, -0.2) is 15.8 Å². The Morgan fingerprint density at radius 1 is 1.12 bits per heavy atom. The van der Waals surface area contributed by atoms with E-state index in [1.54, 1.807) is 30.7 Å². The SMILES string of the molecule is Cc1ccc(NC(=O)c2cc(NCCN3CCCC3)cc(C(C)(C)C#N)c2)cc1N(N)/C=C(\N)c1cncnc1. The number of anilines is 3. The molecule has 10 nitrogen and oxygen atoms in total. The van der Waals surface area contributed by atoms with Crippen LogP contribution in [-0.4, -0.2) is 47.0 Å². The predicted octanol–water partition coefficient (Wildman–Crippen LogP) is 3.98. The summed E-state index contributed by atoms with van der Waals surface area (Å²) in [6.07, 6.45) is 8.70. The zero-order valence-electron chi connectivity index (χ0n) is 23.3. The monoisotopic (exact) mass is 539 g/mol. The molecule has 1 amide bonds. The Bertz CT molecular complexity index is 1410. The lowest BCUT2D eigenvalue weighted by molar-refractivity contribution is 0.102. The highest BCUT2D eigenvalue weighted by Gasteiger charge is 2.23.